The predicted molar refractivity (Wildman–Crippen MR) is 79.4 cm³/mol. The molecule has 0 saturated heterocycles. The predicted octanol–water partition coefficient (Wildman–Crippen LogP) is 4.59. The summed E-state index contributed by atoms with van der Waals surface area (Å²) in [5.41, 5.74) is -1.96. The van der Waals surface area contributed by atoms with Crippen molar-refractivity contribution in [1.82, 2.24) is 0 Å². The molecular weight excluding hydrogens is 361 g/mol. The van der Waals surface area contributed by atoms with Gasteiger partial charge in [0, 0.05) is 16.0 Å². The number of halogens is 4. The van der Waals surface area contributed by atoms with Gasteiger partial charge < -0.3 is 0 Å². The lowest BCUT2D eigenvalue weighted by Gasteiger charge is -2.31. The summed E-state index contributed by atoms with van der Waals surface area (Å²) in [4.78, 5) is 24.2. The van der Waals surface area contributed by atoms with E-state index < -0.39 is 41.1 Å². The number of ketones is 2. The maximum Gasteiger partial charge on any atom is 0.412 e. The highest BCUT2D eigenvalue weighted by molar-refractivity contribution is 9.10. The van der Waals surface area contributed by atoms with Gasteiger partial charge in [0.25, 0.3) is 0 Å². The second kappa shape index (κ2) is 5.65. The van der Waals surface area contributed by atoms with E-state index in [-0.39, 0.29) is 0 Å². The fourth-order valence-electron chi connectivity index (χ4n) is 2.99. The molecule has 0 amide bonds. The van der Waals surface area contributed by atoms with Crippen LogP contribution in [0.5, 0.6) is 0 Å². The van der Waals surface area contributed by atoms with Crippen LogP contribution in [0.1, 0.15) is 31.7 Å². The molecular formula is C16H14BrF3O2. The van der Waals surface area contributed by atoms with Crippen LogP contribution in [-0.4, -0.2) is 17.7 Å². The number of carbonyl (C=O) groups excluding carboxylic acids is 2. The molecule has 2 rings (SSSR count). The highest BCUT2D eigenvalue weighted by Gasteiger charge is 2.55. The Bertz CT molecular complexity index is 630. The first-order valence-electron chi connectivity index (χ1n) is 6.64. The van der Waals surface area contributed by atoms with Crippen LogP contribution >= 0.6 is 15.9 Å². The van der Waals surface area contributed by atoms with E-state index in [4.69, 9.17) is 0 Å². The van der Waals surface area contributed by atoms with E-state index >= 15 is 0 Å². The van der Waals surface area contributed by atoms with Crippen LogP contribution < -0.4 is 0 Å². The molecule has 6 heteroatoms. The summed E-state index contributed by atoms with van der Waals surface area (Å²) in [6, 6.07) is 6.62. The molecule has 22 heavy (non-hydrogen) atoms. The summed E-state index contributed by atoms with van der Waals surface area (Å²) < 4.78 is 40.0. The maximum atomic E-state index is 13.1. The third-order valence-corrected chi connectivity index (χ3v) is 4.75. The van der Waals surface area contributed by atoms with Crippen LogP contribution in [0.15, 0.2) is 40.4 Å². The number of hydrogen-bond donors (Lipinski definition) is 0. The van der Waals surface area contributed by atoms with Gasteiger partial charge in [0.05, 0.1) is 0 Å². The van der Waals surface area contributed by atoms with Crippen LogP contribution in [0, 0.1) is 5.41 Å². The van der Waals surface area contributed by atoms with Crippen LogP contribution in [0.4, 0.5) is 13.2 Å². The minimum Gasteiger partial charge on any atom is -0.299 e. The van der Waals surface area contributed by atoms with Gasteiger partial charge in [0.1, 0.15) is 17.0 Å². The average Bonchev–Trinajstić information content (AvgIpc) is 2.81. The molecule has 0 fully saturated rings. The first-order valence-corrected chi connectivity index (χ1v) is 7.44. The van der Waals surface area contributed by atoms with Crippen molar-refractivity contribution in [1.29, 1.82) is 0 Å². The van der Waals surface area contributed by atoms with Gasteiger partial charge in [-0.2, -0.15) is 13.2 Å². The molecule has 0 heterocycles. The number of carbonyl (C=O) groups is 2. The van der Waals surface area contributed by atoms with Crippen LogP contribution in [0.2, 0.25) is 0 Å². The lowest BCUT2D eigenvalue weighted by Crippen LogP contribution is -2.39. The van der Waals surface area contributed by atoms with Crippen molar-refractivity contribution in [3.8, 4) is 0 Å². The van der Waals surface area contributed by atoms with Crippen molar-refractivity contribution in [2.45, 2.75) is 32.4 Å². The second-order valence-corrected chi connectivity index (χ2v) is 6.40. The van der Waals surface area contributed by atoms with Gasteiger partial charge in [-0.3, -0.25) is 9.59 Å². The van der Waals surface area contributed by atoms with E-state index in [1.807, 2.05) is 0 Å². The summed E-state index contributed by atoms with van der Waals surface area (Å²) >= 11 is 3.25. The smallest absolute Gasteiger partial charge is 0.299 e. The molecule has 1 aliphatic carbocycles. The molecule has 0 N–H and O–H groups in total. The van der Waals surface area contributed by atoms with E-state index in [2.05, 4.69) is 15.9 Å². The fourth-order valence-corrected chi connectivity index (χ4v) is 3.26. The van der Waals surface area contributed by atoms with Gasteiger partial charge in [0.2, 0.25) is 0 Å². The molecule has 1 aliphatic rings. The summed E-state index contributed by atoms with van der Waals surface area (Å²) in [6.45, 7) is 2.36. The SMILES string of the molecule is CC(=O)C1(C(C)=O)CC(C(F)(F)F)=CC1c1ccc(Br)cc1. The van der Waals surface area contributed by atoms with Crippen molar-refractivity contribution in [2.24, 2.45) is 5.41 Å². The Labute approximate surface area is 134 Å². The fraction of sp³-hybridized carbons (Fsp3) is 0.375. The zero-order chi connectivity index (χ0) is 16.7. The Kier molecular flexibility index (Phi) is 4.35. The monoisotopic (exact) mass is 374 g/mol. The Hall–Kier alpha value is -1.43. The Morgan fingerprint density at radius 3 is 2.05 bits per heavy atom. The zero-order valence-electron chi connectivity index (χ0n) is 12.0. The number of hydrogen-bond acceptors (Lipinski definition) is 2. The number of Topliss-reactive ketones (excluding diaryl/α,β-unsaturated/α-hetero) is 2. The molecule has 0 aliphatic heterocycles. The first-order chi connectivity index (χ1) is 10.1. The minimum atomic E-state index is -4.54. The topological polar surface area (TPSA) is 34.1 Å². The molecule has 2 nitrogen and oxygen atoms in total. The molecule has 0 saturated carbocycles. The van der Waals surface area contributed by atoms with Gasteiger partial charge in [-0.1, -0.05) is 34.1 Å². The van der Waals surface area contributed by atoms with Gasteiger partial charge >= 0.3 is 6.18 Å². The van der Waals surface area contributed by atoms with Crippen LogP contribution in [0.25, 0.3) is 0 Å². The molecule has 1 atom stereocenters. The molecule has 0 radical (unpaired) electrons. The summed E-state index contributed by atoms with van der Waals surface area (Å²) in [5.74, 6) is -1.97. The third-order valence-electron chi connectivity index (χ3n) is 4.22. The van der Waals surface area contributed by atoms with Crippen molar-refractivity contribution in [3.63, 3.8) is 0 Å². The van der Waals surface area contributed by atoms with Gasteiger partial charge in [-0.15, -0.1) is 0 Å². The van der Waals surface area contributed by atoms with Crippen molar-refractivity contribution in [2.75, 3.05) is 0 Å². The van der Waals surface area contributed by atoms with Gasteiger partial charge in [-0.05, 0) is 38.0 Å². The lowest BCUT2D eigenvalue weighted by atomic mass is 9.68. The molecule has 0 spiro atoms. The highest BCUT2D eigenvalue weighted by Crippen LogP contribution is 2.53. The third kappa shape index (κ3) is 2.76. The molecule has 1 unspecified atom stereocenters. The summed E-state index contributed by atoms with van der Waals surface area (Å²) in [6.07, 6.45) is -4.12. The Balaban J connectivity index is 2.61. The first kappa shape index (κ1) is 16.9. The van der Waals surface area contributed by atoms with E-state index in [1.165, 1.54) is 13.8 Å². The molecule has 1 aromatic rings. The zero-order valence-corrected chi connectivity index (χ0v) is 13.6. The summed E-state index contributed by atoms with van der Waals surface area (Å²) in [7, 11) is 0. The minimum absolute atomic E-state index is 0.521. The quantitative estimate of drug-likeness (QED) is 0.572. The second-order valence-electron chi connectivity index (χ2n) is 5.48. The Morgan fingerprint density at radius 2 is 1.64 bits per heavy atom. The largest absolute Gasteiger partial charge is 0.412 e. The van der Waals surface area contributed by atoms with Crippen LogP contribution in [-0.2, 0) is 9.59 Å². The number of alkyl halides is 3. The van der Waals surface area contributed by atoms with Gasteiger partial charge in [-0.25, -0.2) is 0 Å². The average molecular weight is 375 g/mol. The van der Waals surface area contributed by atoms with E-state index in [0.717, 1.165) is 10.5 Å². The normalized spacial score (nSPS) is 20.6. The molecule has 1 aromatic carbocycles. The number of allylic oxidation sites excluding steroid dienone is 2. The molecule has 118 valence electrons. The van der Waals surface area contributed by atoms with Gasteiger partial charge in [0.15, 0.2) is 0 Å². The number of rotatable bonds is 3. The molecule has 0 bridgehead atoms. The Morgan fingerprint density at radius 1 is 1.14 bits per heavy atom. The summed E-state index contributed by atoms with van der Waals surface area (Å²) in [5, 5.41) is 0. The van der Waals surface area contributed by atoms with Crippen LogP contribution in [0.3, 0.4) is 0 Å². The number of benzene rings is 1. The van der Waals surface area contributed by atoms with E-state index in [9.17, 15) is 22.8 Å². The highest BCUT2D eigenvalue weighted by atomic mass is 79.9. The lowest BCUT2D eigenvalue weighted by molar-refractivity contribution is -0.139. The molecule has 0 aromatic heterocycles. The van der Waals surface area contributed by atoms with Crippen molar-refractivity contribution in [3.05, 3.63) is 46.0 Å². The van der Waals surface area contributed by atoms with E-state index in [1.54, 1.807) is 24.3 Å². The van der Waals surface area contributed by atoms with E-state index in [0.29, 0.717) is 5.56 Å². The maximum absolute atomic E-state index is 13.1. The standard InChI is InChI=1S/C16H14BrF3O2/c1-9(21)15(10(2)22)8-12(16(18,19)20)7-14(15)11-3-5-13(17)6-4-11/h3-7,14H,8H2,1-2H3. The van der Waals surface area contributed by atoms with Crippen molar-refractivity contribution >= 4 is 27.5 Å². The van der Waals surface area contributed by atoms with Crippen molar-refractivity contribution < 1.29 is 22.8 Å².